The number of nitrogens with one attached hydrogen (secondary N) is 1. The minimum atomic E-state index is -0.399. The predicted molar refractivity (Wildman–Crippen MR) is 129 cm³/mol. The highest BCUT2D eigenvalue weighted by molar-refractivity contribution is 5.91. The van der Waals surface area contributed by atoms with Crippen molar-refractivity contribution in [2.24, 2.45) is 7.05 Å². The fourth-order valence-corrected chi connectivity index (χ4v) is 4.24. The number of nitrogens with zero attached hydrogens (tertiary/aromatic N) is 1. The van der Waals surface area contributed by atoms with Crippen LogP contribution in [-0.2, 0) is 27.7 Å². The molecule has 1 aliphatic carbocycles. The third-order valence-electron chi connectivity index (χ3n) is 6.02. The predicted octanol–water partition coefficient (Wildman–Crippen LogP) is 4.71. The van der Waals surface area contributed by atoms with E-state index < -0.39 is 5.97 Å². The van der Waals surface area contributed by atoms with Gasteiger partial charge in [0.15, 0.2) is 0 Å². The smallest absolute Gasteiger partial charge is 0.337 e. The lowest BCUT2D eigenvalue weighted by Gasteiger charge is -2.10. The number of benzene rings is 2. The summed E-state index contributed by atoms with van der Waals surface area (Å²) in [6.07, 6.45) is 9.28. The van der Waals surface area contributed by atoms with Gasteiger partial charge in [-0.3, -0.25) is 4.79 Å². The van der Waals surface area contributed by atoms with E-state index >= 15 is 0 Å². The van der Waals surface area contributed by atoms with Crippen LogP contribution in [-0.4, -0.2) is 44.4 Å². The number of ether oxygens (including phenoxy) is 3. The molecular weight excluding hydrogens is 420 g/mol. The zero-order chi connectivity index (χ0) is 23.8. The van der Waals surface area contributed by atoms with E-state index in [1.54, 1.807) is 26.4 Å². The number of carbonyl (C=O) groups excluding carboxylic acids is 2. The number of amides is 1. The summed E-state index contributed by atoms with van der Waals surface area (Å²) in [6.45, 7) is 0. The molecule has 176 valence electrons. The number of methoxy groups -OCH3 is 3. The van der Waals surface area contributed by atoms with E-state index in [0.29, 0.717) is 30.2 Å². The van der Waals surface area contributed by atoms with Gasteiger partial charge in [-0.2, -0.15) is 0 Å². The molecule has 0 unspecified atom stereocenters. The van der Waals surface area contributed by atoms with Crippen LogP contribution in [0.4, 0.5) is 5.69 Å². The molecule has 1 amide bonds. The van der Waals surface area contributed by atoms with Gasteiger partial charge in [0.05, 0.1) is 25.9 Å². The molecule has 0 bridgehead atoms. The van der Waals surface area contributed by atoms with Crippen LogP contribution in [0.2, 0.25) is 0 Å². The Balaban J connectivity index is 0.000000374. The molecule has 4 rings (SSSR count). The van der Waals surface area contributed by atoms with E-state index in [0.717, 1.165) is 27.7 Å². The summed E-state index contributed by atoms with van der Waals surface area (Å²) in [7, 11) is 6.71. The quantitative estimate of drug-likeness (QED) is 0.415. The molecule has 3 aromatic rings. The Hall–Kier alpha value is -3.32. The Kier molecular flexibility index (Phi) is 8.49. The molecule has 1 saturated carbocycles. The monoisotopic (exact) mass is 452 g/mol. The maximum Gasteiger partial charge on any atom is 0.337 e. The molecule has 1 fully saturated rings. The number of anilines is 1. The SMILES string of the molecule is COC(=O)c1ccc(Cc2cn(C)c3ccc(NC=O)cc23)c(OC)c1.COC1CCCC1. The minimum Gasteiger partial charge on any atom is -0.496 e. The van der Waals surface area contributed by atoms with Crippen LogP contribution in [0, 0.1) is 0 Å². The van der Waals surface area contributed by atoms with E-state index in [-0.39, 0.29) is 0 Å². The van der Waals surface area contributed by atoms with Crippen molar-refractivity contribution >= 4 is 29.0 Å². The molecule has 0 radical (unpaired) electrons. The molecule has 7 nitrogen and oxygen atoms in total. The van der Waals surface area contributed by atoms with E-state index in [1.165, 1.54) is 32.8 Å². The molecule has 0 spiro atoms. The van der Waals surface area contributed by atoms with Crippen LogP contribution in [0.15, 0.2) is 42.6 Å². The molecule has 1 aliphatic rings. The average molecular weight is 453 g/mol. The number of aromatic nitrogens is 1. The van der Waals surface area contributed by atoms with Gasteiger partial charge in [-0.1, -0.05) is 18.9 Å². The molecule has 0 saturated heterocycles. The number of aryl methyl sites for hydroxylation is 1. The average Bonchev–Trinajstić information content (AvgIpc) is 3.47. The molecule has 7 heteroatoms. The van der Waals surface area contributed by atoms with Crippen molar-refractivity contribution in [1.29, 1.82) is 0 Å². The summed E-state index contributed by atoms with van der Waals surface area (Å²) in [5, 5.41) is 3.74. The standard InChI is InChI=1S/C20H20N2O4.C6H12O/c1-22-11-15(17-10-16(21-12-23)6-7-18(17)22)8-13-4-5-14(20(24)26-3)9-19(13)25-2;1-7-6-4-2-3-5-6/h4-7,9-12H,8H2,1-3H3,(H,21,23);6H,2-5H2,1H3. The Morgan fingerprint density at radius 1 is 1.09 bits per heavy atom. The Morgan fingerprint density at radius 2 is 1.85 bits per heavy atom. The van der Waals surface area contributed by atoms with Crippen molar-refractivity contribution in [3.8, 4) is 5.75 Å². The van der Waals surface area contributed by atoms with E-state index in [2.05, 4.69) is 11.5 Å². The second kappa shape index (κ2) is 11.5. The minimum absolute atomic E-state index is 0.399. The lowest BCUT2D eigenvalue weighted by Crippen LogP contribution is -2.03. The van der Waals surface area contributed by atoms with Crippen LogP contribution < -0.4 is 10.1 Å². The first-order valence-electron chi connectivity index (χ1n) is 11.1. The second-order valence-corrected chi connectivity index (χ2v) is 8.10. The van der Waals surface area contributed by atoms with Crippen molar-refractivity contribution in [2.45, 2.75) is 38.2 Å². The second-order valence-electron chi connectivity index (χ2n) is 8.10. The molecule has 0 atom stereocenters. The number of hydrogen-bond donors (Lipinski definition) is 1. The van der Waals surface area contributed by atoms with Crippen LogP contribution in [0.1, 0.15) is 47.2 Å². The van der Waals surface area contributed by atoms with Crippen molar-refractivity contribution in [3.63, 3.8) is 0 Å². The topological polar surface area (TPSA) is 78.8 Å². The molecule has 2 aromatic carbocycles. The van der Waals surface area contributed by atoms with Crippen molar-refractivity contribution in [3.05, 3.63) is 59.3 Å². The summed E-state index contributed by atoms with van der Waals surface area (Å²) < 4.78 is 17.4. The first-order chi connectivity index (χ1) is 16.0. The van der Waals surface area contributed by atoms with Crippen molar-refractivity contribution in [1.82, 2.24) is 4.57 Å². The lowest BCUT2D eigenvalue weighted by molar-refractivity contribution is -0.105. The summed E-state index contributed by atoms with van der Waals surface area (Å²) in [5.41, 5.74) is 4.32. The number of rotatable bonds is 7. The summed E-state index contributed by atoms with van der Waals surface area (Å²) in [6, 6.07) is 11.1. The molecule has 33 heavy (non-hydrogen) atoms. The van der Waals surface area contributed by atoms with Gasteiger partial charge in [0.2, 0.25) is 6.41 Å². The maximum atomic E-state index is 11.7. The van der Waals surface area contributed by atoms with Gasteiger partial charge in [0.1, 0.15) is 5.75 Å². The van der Waals surface area contributed by atoms with Gasteiger partial charge in [0, 0.05) is 43.4 Å². The van der Waals surface area contributed by atoms with Gasteiger partial charge in [-0.15, -0.1) is 0 Å². The van der Waals surface area contributed by atoms with Crippen molar-refractivity contribution in [2.75, 3.05) is 26.6 Å². The van der Waals surface area contributed by atoms with Crippen LogP contribution in [0.3, 0.4) is 0 Å². The van der Waals surface area contributed by atoms with Gasteiger partial charge in [0.25, 0.3) is 0 Å². The van der Waals surface area contributed by atoms with E-state index in [9.17, 15) is 9.59 Å². The zero-order valence-electron chi connectivity index (χ0n) is 19.7. The largest absolute Gasteiger partial charge is 0.496 e. The lowest BCUT2D eigenvalue weighted by atomic mass is 10.0. The highest BCUT2D eigenvalue weighted by Gasteiger charge is 2.14. The number of carbonyl (C=O) groups is 2. The molecular formula is C26H32N2O5. The van der Waals surface area contributed by atoms with Crippen LogP contribution >= 0.6 is 0 Å². The number of esters is 1. The summed E-state index contributed by atoms with van der Waals surface area (Å²) >= 11 is 0. The highest BCUT2D eigenvalue weighted by Crippen LogP contribution is 2.29. The molecule has 1 heterocycles. The highest BCUT2D eigenvalue weighted by atomic mass is 16.5. The van der Waals surface area contributed by atoms with Gasteiger partial charge in [-0.25, -0.2) is 4.79 Å². The maximum absolute atomic E-state index is 11.7. The molecule has 0 aliphatic heterocycles. The van der Waals surface area contributed by atoms with Gasteiger partial charge < -0.3 is 24.1 Å². The Bertz CT molecular complexity index is 1100. The first kappa shape index (κ1) is 24.3. The Labute approximate surface area is 194 Å². The number of hydrogen-bond acceptors (Lipinski definition) is 5. The first-order valence-corrected chi connectivity index (χ1v) is 11.1. The summed E-state index contributed by atoms with van der Waals surface area (Å²) in [5.74, 6) is 0.233. The fraction of sp³-hybridized carbons (Fsp3) is 0.385. The van der Waals surface area contributed by atoms with Gasteiger partial charge in [-0.05, 0) is 54.3 Å². The third kappa shape index (κ3) is 5.93. The van der Waals surface area contributed by atoms with Crippen LogP contribution in [0.25, 0.3) is 10.9 Å². The molecule has 1 aromatic heterocycles. The van der Waals surface area contributed by atoms with Crippen LogP contribution in [0.5, 0.6) is 5.75 Å². The van der Waals surface area contributed by atoms with E-state index in [1.807, 2.05) is 35.9 Å². The molecule has 1 N–H and O–H groups in total. The fourth-order valence-electron chi connectivity index (χ4n) is 4.24. The van der Waals surface area contributed by atoms with Crippen molar-refractivity contribution < 1.29 is 23.8 Å². The normalized spacial score (nSPS) is 13.3. The third-order valence-corrected chi connectivity index (χ3v) is 6.02. The zero-order valence-corrected chi connectivity index (χ0v) is 19.7. The van der Waals surface area contributed by atoms with E-state index in [4.69, 9.17) is 14.2 Å². The number of fused-ring (bicyclic) bond motifs is 1. The summed E-state index contributed by atoms with van der Waals surface area (Å²) in [4.78, 5) is 22.4. The Morgan fingerprint density at radius 3 is 2.45 bits per heavy atom. The van der Waals surface area contributed by atoms with Gasteiger partial charge >= 0.3 is 5.97 Å².